The quantitative estimate of drug-likeness (QED) is 0.481. The Bertz CT molecular complexity index is 698. The molecule has 3 rings (SSSR count). The van der Waals surface area contributed by atoms with Gasteiger partial charge in [0.05, 0.1) is 32.9 Å². The molecule has 31 heavy (non-hydrogen) atoms. The highest BCUT2D eigenvalue weighted by Gasteiger charge is 2.24. The zero-order valence-electron chi connectivity index (χ0n) is 18.9. The van der Waals surface area contributed by atoms with Gasteiger partial charge in [-0.15, -0.1) is 0 Å². The van der Waals surface area contributed by atoms with E-state index in [-0.39, 0.29) is 5.91 Å². The van der Waals surface area contributed by atoms with Gasteiger partial charge < -0.3 is 24.6 Å². The second-order valence-corrected chi connectivity index (χ2v) is 7.78. The molecule has 1 N–H and O–H groups in total. The minimum Gasteiger partial charge on any atom is -0.478 e. The number of aromatic nitrogens is 1. The summed E-state index contributed by atoms with van der Waals surface area (Å²) in [4.78, 5) is 28.1. The van der Waals surface area contributed by atoms with Crippen LogP contribution in [0.2, 0.25) is 0 Å². The number of morpholine rings is 1. The van der Waals surface area contributed by atoms with E-state index in [2.05, 4.69) is 33.9 Å². The SMILES string of the molecule is CCCOc1ccc(CN=C(NCC)N2CCN(CC(=O)N3CCOCC3)CC2)cn1. The fourth-order valence-corrected chi connectivity index (χ4v) is 3.61. The number of guanidine groups is 1. The van der Waals surface area contributed by atoms with E-state index in [1.54, 1.807) is 0 Å². The van der Waals surface area contributed by atoms with Crippen LogP contribution in [-0.2, 0) is 16.1 Å². The highest BCUT2D eigenvalue weighted by molar-refractivity contribution is 5.80. The van der Waals surface area contributed by atoms with Crippen molar-refractivity contribution in [3.05, 3.63) is 23.9 Å². The van der Waals surface area contributed by atoms with Gasteiger partial charge in [0.2, 0.25) is 11.8 Å². The predicted octanol–water partition coefficient (Wildman–Crippen LogP) is 0.812. The van der Waals surface area contributed by atoms with Crippen LogP contribution >= 0.6 is 0 Å². The van der Waals surface area contributed by atoms with E-state index >= 15 is 0 Å². The number of hydrogen-bond donors (Lipinski definition) is 1. The predicted molar refractivity (Wildman–Crippen MR) is 120 cm³/mol. The molecule has 0 aliphatic carbocycles. The molecule has 0 aromatic carbocycles. The van der Waals surface area contributed by atoms with Gasteiger partial charge in [0.15, 0.2) is 5.96 Å². The molecule has 0 saturated carbocycles. The van der Waals surface area contributed by atoms with E-state index in [0.29, 0.717) is 51.9 Å². The molecular weight excluding hydrogens is 396 g/mol. The Hall–Kier alpha value is -2.39. The van der Waals surface area contributed by atoms with Gasteiger partial charge in [0, 0.05) is 58.1 Å². The summed E-state index contributed by atoms with van der Waals surface area (Å²) in [5, 5.41) is 3.39. The Labute approximate surface area is 185 Å². The molecule has 0 bridgehead atoms. The van der Waals surface area contributed by atoms with Crippen molar-refractivity contribution in [3.8, 4) is 5.88 Å². The summed E-state index contributed by atoms with van der Waals surface area (Å²) in [6.07, 6.45) is 2.79. The Morgan fingerprint density at radius 1 is 1.13 bits per heavy atom. The van der Waals surface area contributed by atoms with Crippen LogP contribution in [0.25, 0.3) is 0 Å². The molecule has 2 fully saturated rings. The zero-order valence-corrected chi connectivity index (χ0v) is 18.9. The number of amides is 1. The second kappa shape index (κ2) is 12.5. The lowest BCUT2D eigenvalue weighted by Crippen LogP contribution is -2.54. The van der Waals surface area contributed by atoms with Crippen molar-refractivity contribution < 1.29 is 14.3 Å². The maximum Gasteiger partial charge on any atom is 0.236 e. The Kier molecular flexibility index (Phi) is 9.36. The van der Waals surface area contributed by atoms with Gasteiger partial charge in [-0.3, -0.25) is 9.69 Å². The molecule has 0 spiro atoms. The Morgan fingerprint density at radius 2 is 1.90 bits per heavy atom. The number of piperazine rings is 1. The van der Waals surface area contributed by atoms with Crippen LogP contribution in [0.5, 0.6) is 5.88 Å². The first kappa shape index (κ1) is 23.3. The van der Waals surface area contributed by atoms with Crippen molar-refractivity contribution in [2.24, 2.45) is 4.99 Å². The largest absolute Gasteiger partial charge is 0.478 e. The molecule has 0 radical (unpaired) electrons. The number of rotatable bonds is 8. The molecule has 172 valence electrons. The molecule has 9 nitrogen and oxygen atoms in total. The first-order valence-corrected chi connectivity index (χ1v) is 11.4. The van der Waals surface area contributed by atoms with Gasteiger partial charge in [-0.1, -0.05) is 13.0 Å². The van der Waals surface area contributed by atoms with Gasteiger partial charge in [0.1, 0.15) is 0 Å². The maximum atomic E-state index is 12.5. The topological polar surface area (TPSA) is 82.5 Å². The number of nitrogens with zero attached hydrogens (tertiary/aromatic N) is 5. The number of nitrogens with one attached hydrogen (secondary N) is 1. The van der Waals surface area contributed by atoms with Gasteiger partial charge in [-0.05, 0) is 18.9 Å². The Balaban J connectivity index is 1.48. The van der Waals surface area contributed by atoms with E-state index < -0.39 is 0 Å². The summed E-state index contributed by atoms with van der Waals surface area (Å²) in [7, 11) is 0. The van der Waals surface area contributed by atoms with Gasteiger partial charge in [0.25, 0.3) is 0 Å². The third-order valence-corrected chi connectivity index (χ3v) is 5.39. The number of ether oxygens (including phenoxy) is 2. The first-order valence-electron chi connectivity index (χ1n) is 11.4. The molecule has 1 amide bonds. The number of hydrogen-bond acceptors (Lipinski definition) is 6. The average Bonchev–Trinajstić information content (AvgIpc) is 2.82. The number of pyridine rings is 1. The molecular formula is C22H36N6O3. The highest BCUT2D eigenvalue weighted by Crippen LogP contribution is 2.10. The molecule has 2 aliphatic heterocycles. The van der Waals surface area contributed by atoms with Crippen molar-refractivity contribution in [2.45, 2.75) is 26.8 Å². The molecule has 0 atom stereocenters. The van der Waals surface area contributed by atoms with Gasteiger partial charge in [-0.25, -0.2) is 9.98 Å². The van der Waals surface area contributed by atoms with E-state index in [9.17, 15) is 4.79 Å². The monoisotopic (exact) mass is 432 g/mol. The van der Waals surface area contributed by atoms with Crippen LogP contribution in [0.15, 0.2) is 23.3 Å². The maximum absolute atomic E-state index is 12.5. The van der Waals surface area contributed by atoms with Crippen LogP contribution in [-0.4, -0.2) is 104 Å². The van der Waals surface area contributed by atoms with Crippen molar-refractivity contribution in [2.75, 3.05) is 72.2 Å². The van der Waals surface area contributed by atoms with E-state index in [1.807, 2.05) is 23.2 Å². The summed E-state index contributed by atoms with van der Waals surface area (Å²) in [5.41, 5.74) is 1.05. The number of aliphatic imine (C=N–C) groups is 1. The summed E-state index contributed by atoms with van der Waals surface area (Å²) in [5.74, 6) is 1.77. The van der Waals surface area contributed by atoms with E-state index in [1.165, 1.54) is 0 Å². The van der Waals surface area contributed by atoms with Crippen LogP contribution in [0, 0.1) is 0 Å². The number of carbonyl (C=O) groups excluding carboxylic acids is 1. The van der Waals surface area contributed by atoms with E-state index in [0.717, 1.165) is 50.7 Å². The molecule has 1 aromatic heterocycles. The van der Waals surface area contributed by atoms with Crippen LogP contribution in [0.3, 0.4) is 0 Å². The molecule has 3 heterocycles. The average molecular weight is 433 g/mol. The van der Waals surface area contributed by atoms with Crippen LogP contribution < -0.4 is 10.1 Å². The third kappa shape index (κ3) is 7.36. The smallest absolute Gasteiger partial charge is 0.236 e. The van der Waals surface area contributed by atoms with Crippen LogP contribution in [0.4, 0.5) is 0 Å². The summed E-state index contributed by atoms with van der Waals surface area (Å²) in [6, 6.07) is 3.91. The first-order chi connectivity index (χ1) is 15.2. The minimum absolute atomic E-state index is 0.205. The Morgan fingerprint density at radius 3 is 2.55 bits per heavy atom. The molecule has 1 aromatic rings. The normalized spacial score (nSPS) is 18.2. The summed E-state index contributed by atoms with van der Waals surface area (Å²) < 4.78 is 10.9. The van der Waals surface area contributed by atoms with Crippen LogP contribution in [0.1, 0.15) is 25.8 Å². The fourth-order valence-electron chi connectivity index (χ4n) is 3.61. The van der Waals surface area contributed by atoms with Crippen molar-refractivity contribution in [1.82, 2.24) is 25.0 Å². The molecule has 2 saturated heterocycles. The second-order valence-electron chi connectivity index (χ2n) is 7.78. The molecule has 0 unspecified atom stereocenters. The number of carbonyl (C=O) groups is 1. The standard InChI is InChI=1S/C22H36N6O3/c1-3-13-31-20-6-5-19(16-24-20)17-25-22(23-4-2)28-9-7-26(8-10-28)18-21(29)27-11-14-30-15-12-27/h5-6,16H,3-4,7-15,17-18H2,1-2H3,(H,23,25). The van der Waals surface area contributed by atoms with E-state index in [4.69, 9.17) is 14.5 Å². The van der Waals surface area contributed by atoms with Crippen molar-refractivity contribution in [1.29, 1.82) is 0 Å². The van der Waals surface area contributed by atoms with Crippen molar-refractivity contribution in [3.63, 3.8) is 0 Å². The van der Waals surface area contributed by atoms with Crippen molar-refractivity contribution >= 4 is 11.9 Å². The van der Waals surface area contributed by atoms with Gasteiger partial charge >= 0.3 is 0 Å². The molecule has 9 heteroatoms. The minimum atomic E-state index is 0.205. The zero-order chi connectivity index (χ0) is 21.9. The molecule has 2 aliphatic rings. The summed E-state index contributed by atoms with van der Waals surface area (Å²) >= 11 is 0. The lowest BCUT2D eigenvalue weighted by Gasteiger charge is -2.37. The summed E-state index contributed by atoms with van der Waals surface area (Å²) in [6.45, 7) is 12.8. The third-order valence-electron chi connectivity index (χ3n) is 5.39. The lowest BCUT2D eigenvalue weighted by atomic mass is 10.3. The van der Waals surface area contributed by atoms with Gasteiger partial charge in [-0.2, -0.15) is 0 Å². The lowest BCUT2D eigenvalue weighted by molar-refractivity contribution is -0.136. The fraction of sp³-hybridized carbons (Fsp3) is 0.682. The highest BCUT2D eigenvalue weighted by atomic mass is 16.5.